The Kier molecular flexibility index (Phi) is 6.50. The molecule has 0 saturated heterocycles. The van der Waals surface area contributed by atoms with Crippen LogP contribution in [0.5, 0.6) is 0 Å². The third-order valence-electron chi connectivity index (χ3n) is 4.54. The maximum atomic E-state index is 12.5. The van der Waals surface area contributed by atoms with Gasteiger partial charge in [0.2, 0.25) is 5.91 Å². The molecule has 1 aliphatic rings. The summed E-state index contributed by atoms with van der Waals surface area (Å²) >= 11 is 0. The van der Waals surface area contributed by atoms with Crippen LogP contribution in [0.15, 0.2) is 0 Å². The molecular formula is C17H34N2O. The Balaban J connectivity index is 2.49. The molecule has 1 atom stereocenters. The van der Waals surface area contributed by atoms with E-state index in [4.69, 9.17) is 5.73 Å². The number of carbonyl (C=O) groups is 1. The Morgan fingerprint density at radius 3 is 2.25 bits per heavy atom. The van der Waals surface area contributed by atoms with E-state index in [9.17, 15) is 4.79 Å². The number of carbonyl (C=O) groups excluding carboxylic acids is 1. The fraction of sp³-hybridized carbons (Fsp3) is 0.941. The minimum atomic E-state index is 0.235. The summed E-state index contributed by atoms with van der Waals surface area (Å²) in [5.74, 6) is 1.63. The lowest BCUT2D eigenvalue weighted by Crippen LogP contribution is -2.39. The monoisotopic (exact) mass is 282 g/mol. The molecule has 0 aromatic carbocycles. The number of nitrogens with two attached hydrogens (primary N) is 1. The van der Waals surface area contributed by atoms with Crippen molar-refractivity contribution in [2.24, 2.45) is 23.0 Å². The van der Waals surface area contributed by atoms with Crippen molar-refractivity contribution in [1.29, 1.82) is 0 Å². The van der Waals surface area contributed by atoms with Gasteiger partial charge < -0.3 is 10.6 Å². The minimum absolute atomic E-state index is 0.235. The molecule has 1 unspecified atom stereocenters. The fourth-order valence-electron chi connectivity index (χ4n) is 2.83. The van der Waals surface area contributed by atoms with Gasteiger partial charge in [0.05, 0.1) is 0 Å². The van der Waals surface area contributed by atoms with Gasteiger partial charge in [0.25, 0.3) is 0 Å². The molecule has 0 spiro atoms. The quantitative estimate of drug-likeness (QED) is 0.741. The lowest BCUT2D eigenvalue weighted by molar-refractivity contribution is -0.133. The SMILES string of the molecule is CC(C)N(CC1CC1)C(=O)CCC(CCN)C(C)(C)C. The van der Waals surface area contributed by atoms with Crippen LogP contribution in [0.1, 0.15) is 66.7 Å². The van der Waals surface area contributed by atoms with Crippen LogP contribution < -0.4 is 5.73 Å². The van der Waals surface area contributed by atoms with Gasteiger partial charge in [0.15, 0.2) is 0 Å². The van der Waals surface area contributed by atoms with Crippen LogP contribution in [-0.2, 0) is 4.79 Å². The lowest BCUT2D eigenvalue weighted by atomic mass is 9.76. The second-order valence-corrected chi connectivity index (χ2v) is 7.76. The van der Waals surface area contributed by atoms with Crippen LogP contribution in [0.2, 0.25) is 0 Å². The molecule has 0 aliphatic heterocycles. The first-order valence-corrected chi connectivity index (χ1v) is 8.25. The van der Waals surface area contributed by atoms with Gasteiger partial charge in [0.1, 0.15) is 0 Å². The number of hydrogen-bond acceptors (Lipinski definition) is 2. The van der Waals surface area contributed by atoms with Crippen LogP contribution in [0.4, 0.5) is 0 Å². The molecule has 3 nitrogen and oxygen atoms in total. The van der Waals surface area contributed by atoms with Crippen LogP contribution in [0.3, 0.4) is 0 Å². The number of amides is 1. The molecule has 0 heterocycles. The van der Waals surface area contributed by atoms with E-state index in [-0.39, 0.29) is 5.41 Å². The molecule has 1 rings (SSSR count). The summed E-state index contributed by atoms with van der Waals surface area (Å²) < 4.78 is 0. The lowest BCUT2D eigenvalue weighted by Gasteiger charge is -2.32. The summed E-state index contributed by atoms with van der Waals surface area (Å²) in [5, 5.41) is 0. The Labute approximate surface area is 125 Å². The van der Waals surface area contributed by atoms with E-state index in [0.29, 0.717) is 30.8 Å². The summed E-state index contributed by atoms with van der Waals surface area (Å²) in [7, 11) is 0. The van der Waals surface area contributed by atoms with Crippen molar-refractivity contribution < 1.29 is 4.79 Å². The van der Waals surface area contributed by atoms with E-state index in [1.165, 1.54) is 12.8 Å². The van der Waals surface area contributed by atoms with Crippen molar-refractivity contribution in [3.8, 4) is 0 Å². The topological polar surface area (TPSA) is 46.3 Å². The van der Waals surface area contributed by atoms with Gasteiger partial charge in [0, 0.05) is 19.0 Å². The van der Waals surface area contributed by atoms with Gasteiger partial charge in [-0.15, -0.1) is 0 Å². The van der Waals surface area contributed by atoms with Crippen molar-refractivity contribution in [2.75, 3.05) is 13.1 Å². The van der Waals surface area contributed by atoms with Crippen LogP contribution >= 0.6 is 0 Å². The highest BCUT2D eigenvalue weighted by atomic mass is 16.2. The molecule has 2 N–H and O–H groups in total. The standard InChI is InChI=1S/C17H34N2O/c1-13(2)19(12-14-6-7-14)16(20)9-8-15(10-11-18)17(3,4)5/h13-15H,6-12,18H2,1-5H3. The Hall–Kier alpha value is -0.570. The highest BCUT2D eigenvalue weighted by molar-refractivity contribution is 5.76. The summed E-state index contributed by atoms with van der Waals surface area (Å²) in [5.41, 5.74) is 5.95. The highest BCUT2D eigenvalue weighted by Gasteiger charge is 2.29. The zero-order valence-corrected chi connectivity index (χ0v) is 14.1. The average Bonchev–Trinajstić information content (AvgIpc) is 3.13. The maximum absolute atomic E-state index is 12.5. The molecule has 1 saturated carbocycles. The van der Waals surface area contributed by atoms with Crippen molar-refractivity contribution in [1.82, 2.24) is 4.90 Å². The summed E-state index contributed by atoms with van der Waals surface area (Å²) in [4.78, 5) is 14.6. The van der Waals surface area contributed by atoms with Gasteiger partial charge in [-0.2, -0.15) is 0 Å². The third kappa shape index (κ3) is 5.82. The molecule has 0 aromatic rings. The molecule has 1 fully saturated rings. The summed E-state index contributed by atoms with van der Waals surface area (Å²) in [6.45, 7) is 12.7. The van der Waals surface area contributed by atoms with Gasteiger partial charge in [-0.25, -0.2) is 0 Å². The molecule has 118 valence electrons. The molecule has 20 heavy (non-hydrogen) atoms. The zero-order chi connectivity index (χ0) is 15.3. The molecule has 0 aromatic heterocycles. The first-order valence-electron chi connectivity index (χ1n) is 8.25. The van der Waals surface area contributed by atoms with Gasteiger partial charge in [-0.3, -0.25) is 4.79 Å². The maximum Gasteiger partial charge on any atom is 0.222 e. The third-order valence-corrected chi connectivity index (χ3v) is 4.54. The first kappa shape index (κ1) is 17.5. The fourth-order valence-corrected chi connectivity index (χ4v) is 2.83. The van der Waals surface area contributed by atoms with E-state index in [1.54, 1.807) is 0 Å². The number of nitrogens with zero attached hydrogens (tertiary/aromatic N) is 1. The predicted molar refractivity (Wildman–Crippen MR) is 85.4 cm³/mol. The summed E-state index contributed by atoms with van der Waals surface area (Å²) in [6, 6.07) is 0.325. The largest absolute Gasteiger partial charge is 0.340 e. The van der Waals surface area contributed by atoms with Crippen molar-refractivity contribution in [3.05, 3.63) is 0 Å². The highest BCUT2D eigenvalue weighted by Crippen LogP contribution is 2.33. The Bertz CT molecular complexity index is 303. The first-order chi connectivity index (χ1) is 9.25. The molecule has 0 radical (unpaired) electrons. The van der Waals surface area contributed by atoms with Crippen LogP contribution in [0.25, 0.3) is 0 Å². The van der Waals surface area contributed by atoms with E-state index < -0.39 is 0 Å². The molecule has 3 heteroatoms. The van der Waals surface area contributed by atoms with Gasteiger partial charge >= 0.3 is 0 Å². The van der Waals surface area contributed by atoms with Gasteiger partial charge in [-0.1, -0.05) is 20.8 Å². The second kappa shape index (κ2) is 7.44. The van der Waals surface area contributed by atoms with Crippen molar-refractivity contribution >= 4 is 5.91 Å². The Morgan fingerprint density at radius 1 is 1.25 bits per heavy atom. The average molecular weight is 282 g/mol. The zero-order valence-electron chi connectivity index (χ0n) is 14.1. The van der Waals surface area contributed by atoms with E-state index in [1.807, 2.05) is 0 Å². The molecule has 1 amide bonds. The van der Waals surface area contributed by atoms with Crippen LogP contribution in [0, 0.1) is 17.3 Å². The van der Waals surface area contributed by atoms with E-state index in [2.05, 4.69) is 39.5 Å². The van der Waals surface area contributed by atoms with Crippen LogP contribution in [-0.4, -0.2) is 29.9 Å². The number of hydrogen-bond donors (Lipinski definition) is 1. The minimum Gasteiger partial charge on any atom is -0.340 e. The molecule has 1 aliphatic carbocycles. The predicted octanol–water partition coefficient (Wildman–Crippen LogP) is 3.42. The van der Waals surface area contributed by atoms with Gasteiger partial charge in [-0.05, 0) is 63.3 Å². The second-order valence-electron chi connectivity index (χ2n) is 7.76. The smallest absolute Gasteiger partial charge is 0.222 e. The Morgan fingerprint density at radius 2 is 1.85 bits per heavy atom. The molecular weight excluding hydrogens is 248 g/mol. The van der Waals surface area contributed by atoms with Crippen molar-refractivity contribution in [3.63, 3.8) is 0 Å². The van der Waals surface area contributed by atoms with E-state index in [0.717, 1.165) is 25.3 Å². The number of rotatable bonds is 8. The van der Waals surface area contributed by atoms with E-state index >= 15 is 0 Å². The normalized spacial score (nSPS) is 17.4. The molecule has 0 bridgehead atoms. The van der Waals surface area contributed by atoms with Crippen molar-refractivity contribution in [2.45, 2.75) is 72.8 Å². The summed E-state index contributed by atoms with van der Waals surface area (Å²) in [6.07, 6.45) is 5.25.